The van der Waals surface area contributed by atoms with Crippen LogP contribution in [0.15, 0.2) is 48.6 Å². The Bertz CT molecular complexity index is 2040. The molecule has 0 unspecified atom stereocenters. The smallest absolute Gasteiger partial charge is 0.410 e. The Labute approximate surface area is 324 Å². The fraction of sp³-hybridized carbons (Fsp3) is 0.513. The number of nitrogens with one attached hydrogen (secondary N) is 2. The van der Waals surface area contributed by atoms with Crippen LogP contribution in [0.3, 0.4) is 0 Å². The Balaban J connectivity index is 1.19. The molecule has 302 valence electrons. The molecule has 56 heavy (non-hydrogen) atoms. The molecule has 17 heteroatoms. The molecule has 15 nitrogen and oxygen atoms in total. The maximum atomic E-state index is 15.9. The predicted octanol–water partition coefficient (Wildman–Crippen LogP) is 4.08. The number of nitrogens with zero attached hydrogens (tertiary/aromatic N) is 2. The third-order valence-corrected chi connectivity index (χ3v) is 11.3. The van der Waals surface area contributed by atoms with Crippen molar-refractivity contribution >= 4 is 40.0 Å². The van der Waals surface area contributed by atoms with E-state index in [0.29, 0.717) is 29.5 Å². The number of carbonyl (C=O) groups excluding carboxylic acids is 4. The fourth-order valence-electron chi connectivity index (χ4n) is 7.61. The number of carboxylic acid groups (broad SMARTS) is 1. The number of benzene rings is 2. The number of nitrogens with two attached hydrogens (primary N) is 1. The van der Waals surface area contributed by atoms with Crippen molar-refractivity contribution in [1.29, 1.82) is 0 Å². The highest BCUT2D eigenvalue weighted by Crippen LogP contribution is 2.45. The number of primary sulfonamides is 1. The van der Waals surface area contributed by atoms with Crippen LogP contribution in [-0.4, -0.2) is 89.2 Å². The second-order valence-corrected chi connectivity index (χ2v) is 17.6. The number of ether oxygens (including phenoxy) is 2. The second-order valence-electron chi connectivity index (χ2n) is 16.0. The minimum atomic E-state index is -3.74. The molecule has 1 saturated carbocycles. The summed E-state index contributed by atoms with van der Waals surface area (Å²) in [5.74, 6) is -3.85. The molecule has 5 N–H and O–H groups in total. The average Bonchev–Trinajstić information content (AvgIpc) is 3.40. The van der Waals surface area contributed by atoms with Crippen molar-refractivity contribution in [2.75, 3.05) is 6.54 Å². The van der Waals surface area contributed by atoms with E-state index in [9.17, 15) is 37.5 Å². The van der Waals surface area contributed by atoms with Crippen LogP contribution in [0, 0.1) is 11.7 Å². The van der Waals surface area contributed by atoms with Gasteiger partial charge in [-0.1, -0.05) is 61.4 Å². The van der Waals surface area contributed by atoms with E-state index >= 15 is 4.39 Å². The molecule has 1 saturated heterocycles. The maximum absolute atomic E-state index is 15.9. The van der Waals surface area contributed by atoms with E-state index in [1.54, 1.807) is 63.2 Å². The first-order valence-corrected chi connectivity index (χ1v) is 20.4. The number of aliphatic carboxylic acids is 1. The largest absolute Gasteiger partial charge is 0.479 e. The number of halogens is 1. The number of fused-ring (bicyclic) bond motifs is 3. The first-order chi connectivity index (χ1) is 26.3. The lowest BCUT2D eigenvalue weighted by atomic mass is 9.99. The summed E-state index contributed by atoms with van der Waals surface area (Å²) in [5, 5.41) is 20.6. The lowest BCUT2D eigenvalue weighted by molar-refractivity contribution is -0.145. The number of allylic oxidation sites excluding steroid dienone is 1. The number of carbonyl (C=O) groups is 5. The Morgan fingerprint density at radius 3 is 2.48 bits per heavy atom. The zero-order chi connectivity index (χ0) is 40.6. The molecule has 0 aromatic heterocycles. The number of rotatable bonds is 6. The first-order valence-electron chi connectivity index (χ1n) is 18.7. The van der Waals surface area contributed by atoms with Crippen LogP contribution in [-0.2, 0) is 52.7 Å². The minimum absolute atomic E-state index is 0.0376. The molecule has 0 radical (unpaired) electrons. The molecule has 2 aromatic rings. The van der Waals surface area contributed by atoms with E-state index in [0.717, 1.165) is 12.8 Å². The number of amides is 4. The van der Waals surface area contributed by atoms with Crippen molar-refractivity contribution < 1.29 is 51.4 Å². The summed E-state index contributed by atoms with van der Waals surface area (Å²) in [6.45, 7) is 4.78. The van der Waals surface area contributed by atoms with Gasteiger partial charge >= 0.3 is 18.2 Å². The fourth-order valence-corrected chi connectivity index (χ4v) is 8.27. The maximum Gasteiger partial charge on any atom is 0.410 e. The molecule has 6 rings (SSSR count). The van der Waals surface area contributed by atoms with Gasteiger partial charge in [-0.25, -0.2) is 32.3 Å². The molecule has 2 fully saturated rings. The van der Waals surface area contributed by atoms with Gasteiger partial charge in [0.05, 0.1) is 18.8 Å². The van der Waals surface area contributed by atoms with Gasteiger partial charge in [-0.3, -0.25) is 14.5 Å². The van der Waals surface area contributed by atoms with Gasteiger partial charge < -0.3 is 30.1 Å². The van der Waals surface area contributed by atoms with Crippen LogP contribution in [0.1, 0.15) is 82.4 Å². The molecule has 3 aliphatic heterocycles. The lowest BCUT2D eigenvalue weighted by Crippen LogP contribution is -2.56. The summed E-state index contributed by atoms with van der Waals surface area (Å²) in [6, 6.07) is 7.26. The van der Waals surface area contributed by atoms with Crippen LogP contribution in [0.2, 0.25) is 0 Å². The molecule has 1 aliphatic carbocycles. The molecular weight excluding hydrogens is 750 g/mol. The Hall–Kier alpha value is -5.03. The van der Waals surface area contributed by atoms with Gasteiger partial charge in [-0.05, 0) is 63.1 Å². The summed E-state index contributed by atoms with van der Waals surface area (Å²) < 4.78 is 50.1. The van der Waals surface area contributed by atoms with E-state index in [-0.39, 0.29) is 55.8 Å². The summed E-state index contributed by atoms with van der Waals surface area (Å²) in [7, 11) is -3.74. The van der Waals surface area contributed by atoms with Crippen molar-refractivity contribution in [3.63, 3.8) is 0 Å². The van der Waals surface area contributed by atoms with Crippen molar-refractivity contribution in [1.82, 2.24) is 20.4 Å². The number of carboxylic acids is 1. The van der Waals surface area contributed by atoms with Crippen LogP contribution < -0.4 is 15.8 Å². The third-order valence-electron chi connectivity index (χ3n) is 10.5. The van der Waals surface area contributed by atoms with Crippen LogP contribution in [0.4, 0.5) is 14.0 Å². The van der Waals surface area contributed by atoms with Gasteiger partial charge in [-0.2, -0.15) is 0 Å². The van der Waals surface area contributed by atoms with Gasteiger partial charge in [0, 0.05) is 30.0 Å². The molecule has 0 bridgehead atoms. The van der Waals surface area contributed by atoms with Crippen LogP contribution >= 0.6 is 0 Å². The summed E-state index contributed by atoms with van der Waals surface area (Å²) in [4.78, 5) is 69.6. The molecule has 4 aliphatic rings. The minimum Gasteiger partial charge on any atom is -0.479 e. The SMILES string of the molecule is CC(C)(C)OC(=O)N[C@H]1CCCCC/C=C\[C@@H]2C[C@@]2(C(=O)O)NC(=O)[C@@H]2C[C@@H](OC(=O)N3Cc4ccc(-c5ccc(CS(N)(=O)=O)cc5)c(F)c4C3)CN2C1=O. The number of hydrogen-bond donors (Lipinski definition) is 4. The lowest BCUT2D eigenvalue weighted by Gasteiger charge is -2.30. The highest BCUT2D eigenvalue weighted by molar-refractivity contribution is 7.88. The summed E-state index contributed by atoms with van der Waals surface area (Å²) in [6.07, 6.45) is 4.17. The van der Waals surface area contributed by atoms with Gasteiger partial charge in [0.25, 0.3) is 0 Å². The van der Waals surface area contributed by atoms with Gasteiger partial charge in [0.15, 0.2) is 0 Å². The molecule has 5 atom stereocenters. The standard InChI is InChI=1S/C39H48FN5O10S/c1-38(2,3)55-36(50)42-30-10-8-6-4-5-7-9-26-18-39(26,35(48)49)43-33(46)31-17-27(20-45(31)34(30)47)54-37(51)44-19-25-15-16-28(32(40)29(25)21-44)24-13-11-23(12-14-24)22-56(41,52)53/h7,9,11-16,26-27,30-31H,4-6,8,10,17-22H2,1-3H3,(H,42,50)(H,43,46)(H,48,49)(H2,41,52,53)/b9-7-/t26-,27-,30+,31+,39-/m1/s1. The first kappa shape index (κ1) is 40.6. The zero-order valence-corrected chi connectivity index (χ0v) is 32.4. The Morgan fingerprint density at radius 1 is 1.07 bits per heavy atom. The van der Waals surface area contributed by atoms with Crippen LogP contribution in [0.25, 0.3) is 11.1 Å². The molecule has 0 spiro atoms. The number of alkyl carbamates (subject to hydrolysis) is 1. The Kier molecular flexibility index (Phi) is 11.5. The van der Waals surface area contributed by atoms with Crippen molar-refractivity contribution in [2.45, 2.75) is 114 Å². The van der Waals surface area contributed by atoms with Gasteiger partial charge in [0.2, 0.25) is 21.8 Å². The summed E-state index contributed by atoms with van der Waals surface area (Å²) in [5.41, 5.74) is -0.335. The molecule has 4 amide bonds. The summed E-state index contributed by atoms with van der Waals surface area (Å²) >= 11 is 0. The highest BCUT2D eigenvalue weighted by Gasteiger charge is 2.61. The predicted molar refractivity (Wildman–Crippen MR) is 200 cm³/mol. The van der Waals surface area contributed by atoms with Crippen LogP contribution in [0.5, 0.6) is 0 Å². The quantitative estimate of drug-likeness (QED) is 0.308. The van der Waals surface area contributed by atoms with E-state index in [2.05, 4.69) is 10.6 Å². The van der Waals surface area contributed by atoms with E-state index in [1.807, 2.05) is 6.08 Å². The van der Waals surface area contributed by atoms with Gasteiger partial charge in [-0.15, -0.1) is 0 Å². The van der Waals surface area contributed by atoms with E-state index < -0.39 is 81.1 Å². The monoisotopic (exact) mass is 797 g/mol. The average molecular weight is 798 g/mol. The van der Waals surface area contributed by atoms with Crippen molar-refractivity contribution in [3.05, 3.63) is 71.1 Å². The normalized spacial score (nSPS) is 26.1. The van der Waals surface area contributed by atoms with E-state index in [4.69, 9.17) is 14.6 Å². The number of hydrogen-bond acceptors (Lipinski definition) is 9. The number of sulfonamides is 1. The van der Waals surface area contributed by atoms with Crippen molar-refractivity contribution in [3.8, 4) is 11.1 Å². The zero-order valence-electron chi connectivity index (χ0n) is 31.6. The Morgan fingerprint density at radius 2 is 1.80 bits per heavy atom. The van der Waals surface area contributed by atoms with Crippen molar-refractivity contribution in [2.24, 2.45) is 11.1 Å². The molecule has 3 heterocycles. The third kappa shape index (κ3) is 9.32. The highest BCUT2D eigenvalue weighted by atomic mass is 32.2. The van der Waals surface area contributed by atoms with Gasteiger partial charge in [0.1, 0.15) is 35.1 Å². The second kappa shape index (κ2) is 15.8. The topological polar surface area (TPSA) is 215 Å². The molecular formula is C39H48FN5O10S. The molecule has 2 aromatic carbocycles. The van der Waals surface area contributed by atoms with E-state index in [1.165, 1.54) is 9.80 Å².